The summed E-state index contributed by atoms with van der Waals surface area (Å²) in [6.45, 7) is 6.31. The molecule has 0 saturated carbocycles. The van der Waals surface area contributed by atoms with Gasteiger partial charge in [-0.05, 0) is 33.1 Å². The topological polar surface area (TPSA) is 79.8 Å². The number of aliphatic imine (C=N–C) groups is 1. The van der Waals surface area contributed by atoms with Crippen LogP contribution in [-0.4, -0.2) is 59.2 Å². The van der Waals surface area contributed by atoms with E-state index in [0.29, 0.717) is 12.4 Å². The molecule has 0 aliphatic rings. The lowest BCUT2D eigenvalue weighted by atomic mass is 10.2. The van der Waals surface area contributed by atoms with Gasteiger partial charge in [-0.15, -0.1) is 0 Å². The van der Waals surface area contributed by atoms with Crippen molar-refractivity contribution in [2.24, 2.45) is 4.99 Å². The summed E-state index contributed by atoms with van der Waals surface area (Å²) in [7, 11) is -1.20. The predicted molar refractivity (Wildman–Crippen MR) is 84.0 cm³/mol. The van der Waals surface area contributed by atoms with Crippen molar-refractivity contribution >= 4 is 15.8 Å². The molecule has 0 heterocycles. The molecule has 0 bridgehead atoms. The fourth-order valence-electron chi connectivity index (χ4n) is 1.57. The third-order valence-electron chi connectivity index (χ3n) is 2.74. The van der Waals surface area contributed by atoms with E-state index in [1.807, 2.05) is 13.8 Å². The highest BCUT2D eigenvalue weighted by Gasteiger charge is 2.09. The Kier molecular flexibility index (Phi) is 10.5. The number of nitrogens with zero attached hydrogens (tertiary/aromatic N) is 1. The first-order chi connectivity index (χ1) is 9.39. The molecule has 0 aliphatic carbocycles. The Bertz CT molecular complexity index is 369. The molecule has 0 amide bonds. The number of rotatable bonds is 10. The molecule has 0 saturated heterocycles. The van der Waals surface area contributed by atoms with Crippen LogP contribution in [0, 0.1) is 0 Å². The van der Waals surface area contributed by atoms with E-state index in [9.17, 15) is 8.42 Å². The lowest BCUT2D eigenvalue weighted by molar-refractivity contribution is 0.143. The molecule has 6 nitrogen and oxygen atoms in total. The van der Waals surface area contributed by atoms with Gasteiger partial charge in [0.25, 0.3) is 0 Å². The summed E-state index contributed by atoms with van der Waals surface area (Å²) in [5.41, 5.74) is 0. The van der Waals surface area contributed by atoms with Crippen LogP contribution in [0.3, 0.4) is 0 Å². The normalized spacial score (nSPS) is 14.1. The molecule has 7 heteroatoms. The third-order valence-corrected chi connectivity index (χ3v) is 3.72. The van der Waals surface area contributed by atoms with Crippen LogP contribution in [-0.2, 0) is 14.6 Å². The van der Waals surface area contributed by atoms with Crippen LogP contribution < -0.4 is 10.6 Å². The van der Waals surface area contributed by atoms with Crippen LogP contribution in [0.5, 0.6) is 0 Å². The number of hydrogen-bond donors (Lipinski definition) is 2. The molecule has 2 N–H and O–H groups in total. The summed E-state index contributed by atoms with van der Waals surface area (Å²) in [5.74, 6) is 0.898. The van der Waals surface area contributed by atoms with Gasteiger partial charge in [0.1, 0.15) is 9.84 Å². The number of hydrogen-bond acceptors (Lipinski definition) is 4. The summed E-state index contributed by atoms with van der Waals surface area (Å²) in [6.07, 6.45) is 3.86. The van der Waals surface area contributed by atoms with E-state index in [1.165, 1.54) is 6.26 Å². The molecule has 1 unspecified atom stereocenters. The van der Waals surface area contributed by atoms with Crippen LogP contribution in [0.4, 0.5) is 0 Å². The molecule has 0 radical (unpaired) electrons. The van der Waals surface area contributed by atoms with Gasteiger partial charge in [0.05, 0.1) is 5.75 Å². The standard InChI is InChI=1S/C13H29N3O3S/c1-5-19-10-7-6-9-15-13(14-3)16-12(2)8-11-20(4,17)18/h12H,5-11H2,1-4H3,(H2,14,15,16). The lowest BCUT2D eigenvalue weighted by Crippen LogP contribution is -2.43. The van der Waals surface area contributed by atoms with Gasteiger partial charge >= 0.3 is 0 Å². The summed E-state index contributed by atoms with van der Waals surface area (Å²) in [4.78, 5) is 4.12. The monoisotopic (exact) mass is 307 g/mol. The van der Waals surface area contributed by atoms with Crippen LogP contribution in [0.2, 0.25) is 0 Å². The second-order valence-corrected chi connectivity index (χ2v) is 7.13. The zero-order chi connectivity index (χ0) is 15.4. The van der Waals surface area contributed by atoms with Gasteiger partial charge in [-0.25, -0.2) is 8.42 Å². The van der Waals surface area contributed by atoms with Crippen LogP contribution in [0.1, 0.15) is 33.1 Å². The predicted octanol–water partition coefficient (Wildman–Crippen LogP) is 0.791. The van der Waals surface area contributed by atoms with Crippen molar-refractivity contribution in [3.63, 3.8) is 0 Å². The van der Waals surface area contributed by atoms with Gasteiger partial charge in [0, 0.05) is 39.1 Å². The van der Waals surface area contributed by atoms with Crippen molar-refractivity contribution in [1.82, 2.24) is 10.6 Å². The van der Waals surface area contributed by atoms with Crippen LogP contribution >= 0.6 is 0 Å². The van der Waals surface area contributed by atoms with Gasteiger partial charge in [-0.3, -0.25) is 4.99 Å². The Hall–Kier alpha value is -0.820. The second kappa shape index (κ2) is 10.9. The molecule has 0 aromatic carbocycles. The number of ether oxygens (including phenoxy) is 1. The van der Waals surface area contributed by atoms with Gasteiger partial charge < -0.3 is 15.4 Å². The molecule has 1 atom stereocenters. The zero-order valence-corrected chi connectivity index (χ0v) is 13.9. The first-order valence-corrected chi connectivity index (χ1v) is 9.17. The Labute approximate surface area is 123 Å². The Morgan fingerprint density at radius 3 is 2.60 bits per heavy atom. The molecule has 0 rings (SSSR count). The molecule has 20 heavy (non-hydrogen) atoms. The maximum absolute atomic E-state index is 11.1. The Morgan fingerprint density at radius 1 is 1.35 bits per heavy atom. The van der Waals surface area contributed by atoms with Crippen LogP contribution in [0.25, 0.3) is 0 Å². The van der Waals surface area contributed by atoms with E-state index in [1.54, 1.807) is 7.05 Å². The van der Waals surface area contributed by atoms with E-state index >= 15 is 0 Å². The molecule has 0 aromatic heterocycles. The minimum Gasteiger partial charge on any atom is -0.382 e. The minimum atomic E-state index is -2.91. The van der Waals surface area contributed by atoms with Crippen molar-refractivity contribution in [3.05, 3.63) is 0 Å². The molecule has 0 aliphatic heterocycles. The van der Waals surface area contributed by atoms with Crippen molar-refractivity contribution in [1.29, 1.82) is 0 Å². The maximum Gasteiger partial charge on any atom is 0.191 e. The summed E-state index contributed by atoms with van der Waals surface area (Å²) in [6, 6.07) is 0.0688. The van der Waals surface area contributed by atoms with Crippen molar-refractivity contribution in [2.75, 3.05) is 38.8 Å². The molecule has 0 fully saturated rings. The van der Waals surface area contributed by atoms with Crippen molar-refractivity contribution in [2.45, 2.75) is 39.2 Å². The summed E-state index contributed by atoms with van der Waals surface area (Å²) >= 11 is 0. The van der Waals surface area contributed by atoms with E-state index in [2.05, 4.69) is 15.6 Å². The zero-order valence-electron chi connectivity index (χ0n) is 13.1. The molecule has 120 valence electrons. The molecular formula is C13H29N3O3S. The van der Waals surface area contributed by atoms with Gasteiger partial charge in [-0.2, -0.15) is 0 Å². The number of guanidine groups is 1. The average molecular weight is 307 g/mol. The smallest absolute Gasteiger partial charge is 0.191 e. The first-order valence-electron chi connectivity index (χ1n) is 7.11. The summed E-state index contributed by atoms with van der Waals surface area (Å²) in [5, 5.41) is 6.39. The lowest BCUT2D eigenvalue weighted by Gasteiger charge is -2.17. The maximum atomic E-state index is 11.1. The minimum absolute atomic E-state index is 0.0688. The average Bonchev–Trinajstić information content (AvgIpc) is 2.38. The number of nitrogens with one attached hydrogen (secondary N) is 2. The van der Waals surface area contributed by atoms with Gasteiger partial charge in [0.15, 0.2) is 5.96 Å². The second-order valence-electron chi connectivity index (χ2n) is 4.87. The van der Waals surface area contributed by atoms with Crippen molar-refractivity contribution < 1.29 is 13.2 Å². The quantitative estimate of drug-likeness (QED) is 0.354. The van der Waals surface area contributed by atoms with E-state index in [4.69, 9.17) is 4.74 Å². The summed E-state index contributed by atoms with van der Waals surface area (Å²) < 4.78 is 27.5. The highest BCUT2D eigenvalue weighted by atomic mass is 32.2. The molecule has 0 spiro atoms. The number of sulfone groups is 1. The van der Waals surface area contributed by atoms with Gasteiger partial charge in [-0.1, -0.05) is 0 Å². The van der Waals surface area contributed by atoms with E-state index in [0.717, 1.165) is 32.6 Å². The Morgan fingerprint density at radius 2 is 2.05 bits per heavy atom. The Balaban J connectivity index is 3.81. The van der Waals surface area contributed by atoms with Crippen molar-refractivity contribution in [3.8, 4) is 0 Å². The highest BCUT2D eigenvalue weighted by Crippen LogP contribution is 1.95. The molecular weight excluding hydrogens is 278 g/mol. The molecule has 0 aromatic rings. The third kappa shape index (κ3) is 12.2. The van der Waals surface area contributed by atoms with Gasteiger partial charge in [0.2, 0.25) is 0 Å². The highest BCUT2D eigenvalue weighted by molar-refractivity contribution is 7.90. The fraction of sp³-hybridized carbons (Fsp3) is 0.923. The number of unbranched alkanes of at least 4 members (excludes halogenated alkanes) is 1. The largest absolute Gasteiger partial charge is 0.382 e. The van der Waals surface area contributed by atoms with Crippen LogP contribution in [0.15, 0.2) is 4.99 Å². The fourth-order valence-corrected chi connectivity index (χ4v) is 2.35. The SMILES string of the molecule is CCOCCCCNC(=NC)NC(C)CCS(C)(=O)=O. The van der Waals surface area contributed by atoms with E-state index < -0.39 is 9.84 Å². The van der Waals surface area contributed by atoms with E-state index in [-0.39, 0.29) is 11.8 Å². The first kappa shape index (κ1) is 19.2.